The second-order valence-corrected chi connectivity index (χ2v) is 7.93. The number of halogens is 2. The van der Waals surface area contributed by atoms with Gasteiger partial charge < -0.3 is 9.67 Å². The van der Waals surface area contributed by atoms with Crippen LogP contribution in [-0.4, -0.2) is 32.6 Å². The molecule has 2 aliphatic rings. The lowest BCUT2D eigenvalue weighted by atomic mass is 9.96. The maximum absolute atomic E-state index is 15.0. The predicted molar refractivity (Wildman–Crippen MR) is 103 cm³/mol. The number of aromatic nitrogens is 2. The Bertz CT molecular complexity index is 1000. The van der Waals surface area contributed by atoms with Crippen molar-refractivity contribution in [1.29, 1.82) is 0 Å². The lowest BCUT2D eigenvalue weighted by molar-refractivity contribution is 0.155. The van der Waals surface area contributed by atoms with E-state index in [1.807, 2.05) is 10.6 Å². The molecule has 2 aromatic heterocycles. The zero-order chi connectivity index (χ0) is 18.5. The number of hydrogen-bond acceptors (Lipinski definition) is 3. The van der Waals surface area contributed by atoms with Crippen LogP contribution in [0.25, 0.3) is 10.9 Å². The zero-order valence-electron chi connectivity index (χ0n) is 14.9. The Morgan fingerprint density at radius 1 is 1.26 bits per heavy atom. The number of aliphatic hydroxyl groups is 1. The molecule has 0 radical (unpaired) electrons. The van der Waals surface area contributed by atoms with Crippen molar-refractivity contribution in [3.05, 3.63) is 64.3 Å². The molecule has 3 aromatic rings. The minimum absolute atomic E-state index is 0.321. The summed E-state index contributed by atoms with van der Waals surface area (Å²) in [6.45, 7) is 2.40. The van der Waals surface area contributed by atoms with Crippen molar-refractivity contribution in [2.75, 3.05) is 13.1 Å². The van der Waals surface area contributed by atoms with Gasteiger partial charge in [-0.1, -0.05) is 11.6 Å². The van der Waals surface area contributed by atoms with Gasteiger partial charge in [0.15, 0.2) is 0 Å². The molecule has 2 atom stereocenters. The molecule has 1 aromatic carbocycles. The summed E-state index contributed by atoms with van der Waals surface area (Å²) in [7, 11) is 0. The smallest absolute Gasteiger partial charge is 0.148 e. The molecule has 0 aliphatic carbocycles. The SMILES string of the molecule is OC(Cn1c2c(c3cc(Cl)cc(F)c31)[C@H]1CCCN1CC2)c1ccncc1. The fraction of sp³-hybridized carbons (Fsp3) is 0.381. The minimum atomic E-state index is -0.718. The largest absolute Gasteiger partial charge is 0.387 e. The summed E-state index contributed by atoms with van der Waals surface area (Å²) in [4.78, 5) is 6.50. The van der Waals surface area contributed by atoms with Crippen molar-refractivity contribution in [3.8, 4) is 0 Å². The molecule has 6 heteroatoms. The molecule has 2 aliphatic heterocycles. The highest BCUT2D eigenvalue weighted by atomic mass is 35.5. The standard InChI is InChI=1S/C21H21ClFN3O/c22-14-10-15-20-17-2-1-8-25(17)9-5-18(20)26(21(15)16(23)11-14)12-19(27)13-3-6-24-7-4-13/h3-4,6-7,10-11,17,19,27H,1-2,5,8-9,12H2/t17-,19?/m1/s1. The van der Waals surface area contributed by atoms with Crippen LogP contribution in [0.2, 0.25) is 5.02 Å². The normalized spacial score (nSPS) is 20.6. The van der Waals surface area contributed by atoms with Crippen LogP contribution in [0.4, 0.5) is 4.39 Å². The molecule has 0 amide bonds. The lowest BCUT2D eigenvalue weighted by Gasteiger charge is -2.31. The number of pyridine rings is 1. The summed E-state index contributed by atoms with van der Waals surface area (Å²) in [5.41, 5.74) is 3.69. The van der Waals surface area contributed by atoms with Gasteiger partial charge in [0.1, 0.15) is 5.82 Å². The Hall–Kier alpha value is -1.95. The molecule has 4 nitrogen and oxygen atoms in total. The van der Waals surface area contributed by atoms with Crippen molar-refractivity contribution in [3.63, 3.8) is 0 Å². The number of aliphatic hydroxyl groups excluding tert-OH is 1. The number of nitrogens with zero attached hydrogens (tertiary/aromatic N) is 3. The second kappa shape index (κ2) is 6.59. The van der Waals surface area contributed by atoms with E-state index in [9.17, 15) is 9.50 Å². The molecular weight excluding hydrogens is 365 g/mol. The van der Waals surface area contributed by atoms with Crippen LogP contribution in [0.15, 0.2) is 36.7 Å². The topological polar surface area (TPSA) is 41.3 Å². The molecule has 5 rings (SSSR count). The Labute approximate surface area is 162 Å². The Balaban J connectivity index is 1.68. The molecule has 1 unspecified atom stereocenters. The van der Waals surface area contributed by atoms with Gasteiger partial charge in [-0.2, -0.15) is 0 Å². The van der Waals surface area contributed by atoms with Crippen LogP contribution in [0.3, 0.4) is 0 Å². The van der Waals surface area contributed by atoms with E-state index in [4.69, 9.17) is 11.6 Å². The van der Waals surface area contributed by atoms with Crippen molar-refractivity contribution >= 4 is 22.5 Å². The highest BCUT2D eigenvalue weighted by Gasteiger charge is 2.36. The first-order valence-corrected chi connectivity index (χ1v) is 9.83. The monoisotopic (exact) mass is 385 g/mol. The zero-order valence-corrected chi connectivity index (χ0v) is 15.7. The molecule has 1 saturated heterocycles. The van der Waals surface area contributed by atoms with E-state index in [-0.39, 0.29) is 5.82 Å². The van der Waals surface area contributed by atoms with Crippen LogP contribution >= 0.6 is 11.6 Å². The number of fused-ring (bicyclic) bond motifs is 5. The van der Waals surface area contributed by atoms with Crippen molar-refractivity contribution in [1.82, 2.24) is 14.5 Å². The van der Waals surface area contributed by atoms with Gasteiger partial charge in [0, 0.05) is 47.5 Å². The van der Waals surface area contributed by atoms with Gasteiger partial charge in [-0.3, -0.25) is 9.88 Å². The third-order valence-electron chi connectivity index (χ3n) is 6.00. The Kier molecular flexibility index (Phi) is 4.19. The summed E-state index contributed by atoms with van der Waals surface area (Å²) in [6, 6.07) is 7.18. The van der Waals surface area contributed by atoms with E-state index in [2.05, 4.69) is 9.88 Å². The molecule has 0 spiro atoms. The Morgan fingerprint density at radius 3 is 2.89 bits per heavy atom. The summed E-state index contributed by atoms with van der Waals surface area (Å²) in [5.74, 6) is -0.321. The van der Waals surface area contributed by atoms with Gasteiger partial charge in [-0.25, -0.2) is 4.39 Å². The first-order chi connectivity index (χ1) is 13.1. The predicted octanol–water partition coefficient (Wildman–Crippen LogP) is 4.26. The van der Waals surface area contributed by atoms with Crippen LogP contribution in [0, 0.1) is 5.82 Å². The molecule has 4 heterocycles. The van der Waals surface area contributed by atoms with Crippen LogP contribution in [0.5, 0.6) is 0 Å². The first kappa shape index (κ1) is 17.2. The van der Waals surface area contributed by atoms with Crippen LogP contribution < -0.4 is 0 Å². The van der Waals surface area contributed by atoms with E-state index in [1.165, 1.54) is 18.1 Å². The van der Waals surface area contributed by atoms with Crippen molar-refractivity contribution in [2.45, 2.75) is 38.0 Å². The van der Waals surface area contributed by atoms with Crippen molar-refractivity contribution < 1.29 is 9.50 Å². The van der Waals surface area contributed by atoms with Gasteiger partial charge in [-0.05, 0) is 54.8 Å². The summed E-state index contributed by atoms with van der Waals surface area (Å²) in [6.07, 6.45) is 5.73. The quantitative estimate of drug-likeness (QED) is 0.732. The first-order valence-electron chi connectivity index (χ1n) is 9.45. The van der Waals surface area contributed by atoms with E-state index in [0.717, 1.165) is 42.6 Å². The maximum Gasteiger partial charge on any atom is 0.148 e. The van der Waals surface area contributed by atoms with E-state index in [0.29, 0.717) is 23.1 Å². The van der Waals surface area contributed by atoms with Crippen molar-refractivity contribution in [2.24, 2.45) is 0 Å². The lowest BCUT2D eigenvalue weighted by Crippen LogP contribution is -2.31. The average molecular weight is 386 g/mol. The third-order valence-corrected chi connectivity index (χ3v) is 6.22. The fourth-order valence-corrected chi connectivity index (χ4v) is 5.06. The molecule has 1 N–H and O–H groups in total. The molecule has 27 heavy (non-hydrogen) atoms. The molecule has 1 fully saturated rings. The molecule has 140 valence electrons. The van der Waals surface area contributed by atoms with E-state index in [1.54, 1.807) is 24.5 Å². The van der Waals surface area contributed by atoms with Gasteiger partial charge in [0.2, 0.25) is 0 Å². The highest BCUT2D eigenvalue weighted by Crippen LogP contribution is 2.44. The van der Waals surface area contributed by atoms with Gasteiger partial charge in [0.25, 0.3) is 0 Å². The van der Waals surface area contributed by atoms with Gasteiger partial charge >= 0.3 is 0 Å². The molecule has 0 bridgehead atoms. The van der Waals surface area contributed by atoms with Crippen LogP contribution in [0.1, 0.15) is 41.8 Å². The number of rotatable bonds is 3. The van der Waals surface area contributed by atoms with E-state index >= 15 is 0 Å². The highest BCUT2D eigenvalue weighted by molar-refractivity contribution is 6.31. The second-order valence-electron chi connectivity index (χ2n) is 7.50. The third kappa shape index (κ3) is 2.76. The number of benzene rings is 1. The molecular formula is C21H21ClFN3O. The maximum atomic E-state index is 15.0. The summed E-state index contributed by atoms with van der Waals surface area (Å²) < 4.78 is 17.0. The summed E-state index contributed by atoms with van der Waals surface area (Å²) >= 11 is 6.20. The fourth-order valence-electron chi connectivity index (χ4n) is 4.86. The van der Waals surface area contributed by atoms with Gasteiger partial charge in [0.05, 0.1) is 18.2 Å². The summed E-state index contributed by atoms with van der Waals surface area (Å²) in [5, 5.41) is 12.1. The average Bonchev–Trinajstić information content (AvgIpc) is 3.25. The van der Waals surface area contributed by atoms with Crippen LogP contribution in [-0.2, 0) is 13.0 Å². The molecule has 0 saturated carbocycles. The Morgan fingerprint density at radius 2 is 2.07 bits per heavy atom. The minimum Gasteiger partial charge on any atom is -0.387 e. The van der Waals surface area contributed by atoms with E-state index < -0.39 is 6.10 Å². The number of hydrogen-bond donors (Lipinski definition) is 1. The van der Waals surface area contributed by atoms with Gasteiger partial charge in [-0.15, -0.1) is 0 Å².